The Morgan fingerprint density at radius 3 is 2.50 bits per heavy atom. The third-order valence-corrected chi connectivity index (χ3v) is 4.05. The summed E-state index contributed by atoms with van der Waals surface area (Å²) in [6.07, 6.45) is 1.73. The Bertz CT molecular complexity index is 1110. The van der Waals surface area contributed by atoms with E-state index in [1.807, 2.05) is 30.3 Å². The maximum Gasteiger partial charge on any atom is 0.285 e. The maximum absolute atomic E-state index is 12.8. The summed E-state index contributed by atoms with van der Waals surface area (Å²) in [6, 6.07) is 9.75. The average Bonchev–Trinajstić information content (AvgIpc) is 2.96. The molecule has 0 spiro atoms. The Morgan fingerprint density at radius 1 is 1.04 bits per heavy atom. The summed E-state index contributed by atoms with van der Waals surface area (Å²) in [5, 5.41) is 12.3. The molecule has 7 heteroatoms. The van der Waals surface area contributed by atoms with Crippen molar-refractivity contribution < 1.29 is 0 Å². The fraction of sp³-hybridized carbons (Fsp3) is 0.235. The van der Waals surface area contributed by atoms with E-state index in [4.69, 9.17) is 0 Å². The lowest BCUT2D eigenvalue weighted by Crippen LogP contribution is -2.20. The van der Waals surface area contributed by atoms with E-state index in [1.54, 1.807) is 22.2 Å². The van der Waals surface area contributed by atoms with Gasteiger partial charge in [-0.05, 0) is 36.6 Å². The minimum absolute atomic E-state index is 0.229. The second-order valence-electron chi connectivity index (χ2n) is 6.04. The molecule has 0 fully saturated rings. The summed E-state index contributed by atoms with van der Waals surface area (Å²) in [6.45, 7) is 6.05. The van der Waals surface area contributed by atoms with E-state index in [9.17, 15) is 4.79 Å². The van der Waals surface area contributed by atoms with Crippen LogP contribution in [0.25, 0.3) is 22.5 Å². The SMILES string of the molecule is Cc1nc2nnc3c(=O)n(-c4ccc(C(C)C)cc4)ccc3n2n1. The summed E-state index contributed by atoms with van der Waals surface area (Å²) in [5.74, 6) is 1.42. The van der Waals surface area contributed by atoms with Crippen LogP contribution in [-0.2, 0) is 0 Å². The van der Waals surface area contributed by atoms with Gasteiger partial charge >= 0.3 is 0 Å². The fourth-order valence-electron chi connectivity index (χ4n) is 2.73. The van der Waals surface area contributed by atoms with Crippen LogP contribution in [0.2, 0.25) is 0 Å². The molecule has 0 aliphatic carbocycles. The Morgan fingerprint density at radius 2 is 1.79 bits per heavy atom. The van der Waals surface area contributed by atoms with Crippen LogP contribution in [0, 0.1) is 6.92 Å². The lowest BCUT2D eigenvalue weighted by molar-refractivity contribution is 0.863. The van der Waals surface area contributed by atoms with Crippen LogP contribution in [0.4, 0.5) is 0 Å². The molecule has 0 atom stereocenters. The summed E-state index contributed by atoms with van der Waals surface area (Å²) >= 11 is 0. The number of hydrogen-bond acceptors (Lipinski definition) is 5. The van der Waals surface area contributed by atoms with Gasteiger partial charge in [0.2, 0.25) is 0 Å². The van der Waals surface area contributed by atoms with Crippen molar-refractivity contribution in [3.63, 3.8) is 0 Å². The zero-order chi connectivity index (χ0) is 16.8. The van der Waals surface area contributed by atoms with Crippen LogP contribution >= 0.6 is 0 Å². The molecule has 0 bridgehead atoms. The molecule has 0 aliphatic rings. The highest BCUT2D eigenvalue weighted by Crippen LogP contribution is 2.17. The first kappa shape index (κ1) is 14.5. The highest BCUT2D eigenvalue weighted by atomic mass is 16.1. The van der Waals surface area contributed by atoms with Gasteiger partial charge in [0.15, 0.2) is 5.52 Å². The molecular formula is C17H16N6O. The van der Waals surface area contributed by atoms with Crippen molar-refractivity contribution in [1.29, 1.82) is 0 Å². The van der Waals surface area contributed by atoms with Gasteiger partial charge in [-0.15, -0.1) is 15.3 Å². The zero-order valence-electron chi connectivity index (χ0n) is 13.6. The lowest BCUT2D eigenvalue weighted by atomic mass is 10.0. The van der Waals surface area contributed by atoms with Crippen LogP contribution in [0.15, 0.2) is 41.3 Å². The number of hydrogen-bond donors (Lipinski definition) is 0. The van der Waals surface area contributed by atoms with Crippen LogP contribution < -0.4 is 5.56 Å². The Labute approximate surface area is 137 Å². The lowest BCUT2D eigenvalue weighted by Gasteiger charge is -2.09. The number of aromatic nitrogens is 6. The highest BCUT2D eigenvalue weighted by Gasteiger charge is 2.12. The molecule has 1 aromatic carbocycles. The van der Waals surface area contributed by atoms with Crippen molar-refractivity contribution >= 4 is 16.8 Å². The molecule has 7 nitrogen and oxygen atoms in total. The third kappa shape index (κ3) is 2.17. The van der Waals surface area contributed by atoms with E-state index in [0.29, 0.717) is 23.0 Å². The molecule has 0 aliphatic heterocycles. The first-order valence-corrected chi connectivity index (χ1v) is 7.76. The Kier molecular flexibility index (Phi) is 3.16. The van der Waals surface area contributed by atoms with Crippen LogP contribution in [0.5, 0.6) is 0 Å². The van der Waals surface area contributed by atoms with E-state index in [2.05, 4.69) is 34.1 Å². The molecule has 24 heavy (non-hydrogen) atoms. The minimum Gasteiger partial charge on any atom is -0.282 e. The fourth-order valence-corrected chi connectivity index (χ4v) is 2.73. The van der Waals surface area contributed by atoms with Crippen LogP contribution in [0.1, 0.15) is 31.2 Å². The molecule has 4 rings (SSSR count). The van der Waals surface area contributed by atoms with Gasteiger partial charge in [-0.2, -0.15) is 9.50 Å². The predicted octanol–water partition coefficient (Wildman–Crippen LogP) is 2.26. The molecule has 120 valence electrons. The summed E-state index contributed by atoms with van der Waals surface area (Å²) in [7, 11) is 0. The molecule has 0 radical (unpaired) electrons. The van der Waals surface area contributed by atoms with E-state index in [1.165, 1.54) is 5.56 Å². The van der Waals surface area contributed by atoms with Crippen molar-refractivity contribution in [2.24, 2.45) is 0 Å². The molecule has 3 aromatic heterocycles. The number of pyridine rings is 1. The van der Waals surface area contributed by atoms with Gasteiger partial charge in [-0.3, -0.25) is 9.36 Å². The predicted molar refractivity (Wildman–Crippen MR) is 90.5 cm³/mol. The normalized spacial score (nSPS) is 11.7. The van der Waals surface area contributed by atoms with Gasteiger partial charge in [-0.25, -0.2) is 0 Å². The monoisotopic (exact) mass is 320 g/mol. The van der Waals surface area contributed by atoms with Gasteiger partial charge in [0.1, 0.15) is 11.3 Å². The van der Waals surface area contributed by atoms with Crippen molar-refractivity contribution in [2.45, 2.75) is 26.7 Å². The second kappa shape index (κ2) is 5.23. The molecule has 3 heterocycles. The van der Waals surface area contributed by atoms with Gasteiger partial charge < -0.3 is 0 Å². The number of benzene rings is 1. The van der Waals surface area contributed by atoms with Gasteiger partial charge in [0.25, 0.3) is 11.3 Å². The first-order valence-electron chi connectivity index (χ1n) is 7.76. The molecule has 0 saturated carbocycles. The molecule has 0 saturated heterocycles. The molecular weight excluding hydrogens is 304 g/mol. The second-order valence-corrected chi connectivity index (χ2v) is 6.04. The van der Waals surface area contributed by atoms with Crippen molar-refractivity contribution in [3.05, 3.63) is 58.3 Å². The van der Waals surface area contributed by atoms with E-state index >= 15 is 0 Å². The van der Waals surface area contributed by atoms with Crippen LogP contribution in [0.3, 0.4) is 0 Å². The summed E-state index contributed by atoms with van der Waals surface area (Å²) < 4.78 is 3.11. The third-order valence-electron chi connectivity index (χ3n) is 4.05. The quantitative estimate of drug-likeness (QED) is 0.566. The molecule has 0 N–H and O–H groups in total. The molecule has 0 amide bonds. The van der Waals surface area contributed by atoms with E-state index in [0.717, 1.165) is 5.69 Å². The largest absolute Gasteiger partial charge is 0.285 e. The van der Waals surface area contributed by atoms with Crippen LogP contribution in [-0.4, -0.2) is 29.4 Å². The average molecular weight is 320 g/mol. The zero-order valence-corrected chi connectivity index (χ0v) is 13.6. The van der Waals surface area contributed by atoms with E-state index in [-0.39, 0.29) is 11.1 Å². The van der Waals surface area contributed by atoms with Crippen molar-refractivity contribution in [1.82, 2.24) is 29.4 Å². The van der Waals surface area contributed by atoms with Crippen molar-refractivity contribution in [2.75, 3.05) is 0 Å². The summed E-state index contributed by atoms with van der Waals surface area (Å²) in [4.78, 5) is 17.0. The van der Waals surface area contributed by atoms with Gasteiger partial charge in [-0.1, -0.05) is 26.0 Å². The number of fused-ring (bicyclic) bond motifs is 3. The first-order chi connectivity index (χ1) is 11.5. The number of rotatable bonds is 2. The van der Waals surface area contributed by atoms with Crippen molar-refractivity contribution in [3.8, 4) is 5.69 Å². The topological polar surface area (TPSA) is 78.0 Å². The Hall–Kier alpha value is -3.09. The highest BCUT2D eigenvalue weighted by molar-refractivity contribution is 5.74. The Balaban J connectivity index is 1.92. The molecule has 4 aromatic rings. The van der Waals surface area contributed by atoms with E-state index < -0.39 is 0 Å². The van der Waals surface area contributed by atoms with Gasteiger partial charge in [0, 0.05) is 11.9 Å². The molecule has 0 unspecified atom stereocenters. The number of aryl methyl sites for hydroxylation is 1. The summed E-state index contributed by atoms with van der Waals surface area (Å²) in [5.41, 5.74) is 2.66. The maximum atomic E-state index is 12.8. The standard InChI is InChI=1S/C17H16N6O/c1-10(2)12-4-6-13(7-5-12)22-9-8-14-15(16(22)24)19-20-17-18-11(3)21-23(14)17/h4-10H,1-3H3. The smallest absolute Gasteiger partial charge is 0.282 e. The van der Waals surface area contributed by atoms with Gasteiger partial charge in [0.05, 0.1) is 0 Å². The number of nitrogens with zero attached hydrogens (tertiary/aromatic N) is 6. The minimum atomic E-state index is -0.229.